The molecule has 0 radical (unpaired) electrons. The smallest absolute Gasteiger partial charge is 0.236 e. The van der Waals surface area contributed by atoms with Gasteiger partial charge < -0.3 is 19.2 Å². The van der Waals surface area contributed by atoms with E-state index >= 15 is 0 Å². The van der Waals surface area contributed by atoms with Crippen LogP contribution in [-0.2, 0) is 17.8 Å². The number of hydrogen-bond acceptors (Lipinski definition) is 6. The molecule has 0 aliphatic heterocycles. The van der Waals surface area contributed by atoms with Gasteiger partial charge in [0, 0.05) is 5.56 Å². The van der Waals surface area contributed by atoms with Crippen molar-refractivity contribution in [1.82, 2.24) is 10.3 Å². The summed E-state index contributed by atoms with van der Waals surface area (Å²) in [6.07, 6.45) is 1.75. The number of methoxy groups -OCH3 is 2. The summed E-state index contributed by atoms with van der Waals surface area (Å²) in [5, 5.41) is 4.80. The molecule has 0 atom stereocenters. The van der Waals surface area contributed by atoms with Crippen molar-refractivity contribution in [1.29, 1.82) is 0 Å². The van der Waals surface area contributed by atoms with Gasteiger partial charge in [0.05, 0.1) is 37.8 Å². The molecule has 1 N–H and O–H groups in total. The molecule has 7 heteroatoms. The van der Waals surface area contributed by atoms with E-state index in [-0.39, 0.29) is 12.3 Å². The van der Waals surface area contributed by atoms with E-state index in [1.165, 1.54) is 0 Å². The minimum Gasteiger partial charge on any atom is -0.497 e. The van der Waals surface area contributed by atoms with Crippen LogP contribution in [-0.4, -0.2) is 25.1 Å². The molecular weight excluding hydrogens is 340 g/mol. The molecule has 6 nitrogen and oxygen atoms in total. The summed E-state index contributed by atoms with van der Waals surface area (Å²) in [6, 6.07) is 9.25. The highest BCUT2D eigenvalue weighted by atomic mass is 32.1. The highest BCUT2D eigenvalue weighted by molar-refractivity contribution is 7.13. The zero-order chi connectivity index (χ0) is 17.6. The summed E-state index contributed by atoms with van der Waals surface area (Å²) in [4.78, 5) is 17.6. The number of nitrogens with zero attached hydrogens (tertiary/aromatic N) is 1. The largest absolute Gasteiger partial charge is 0.497 e. The summed E-state index contributed by atoms with van der Waals surface area (Å²) in [7, 11) is 3.16. The first kappa shape index (κ1) is 17.0. The Labute approximate surface area is 149 Å². The maximum Gasteiger partial charge on any atom is 0.236 e. The van der Waals surface area contributed by atoms with E-state index in [2.05, 4.69) is 10.3 Å². The first-order valence-electron chi connectivity index (χ1n) is 7.65. The van der Waals surface area contributed by atoms with Gasteiger partial charge in [-0.05, 0) is 29.6 Å². The molecule has 130 valence electrons. The lowest BCUT2D eigenvalue weighted by atomic mass is 10.1. The van der Waals surface area contributed by atoms with Gasteiger partial charge in [-0.25, -0.2) is 4.98 Å². The number of amides is 1. The molecule has 25 heavy (non-hydrogen) atoms. The summed E-state index contributed by atoms with van der Waals surface area (Å²) < 4.78 is 15.9. The van der Waals surface area contributed by atoms with E-state index in [0.29, 0.717) is 29.6 Å². The number of hydrogen-bond donors (Lipinski definition) is 1. The number of ether oxygens (including phenoxy) is 2. The van der Waals surface area contributed by atoms with Crippen molar-refractivity contribution in [3.63, 3.8) is 0 Å². The Morgan fingerprint density at radius 3 is 2.88 bits per heavy atom. The molecule has 0 aliphatic rings. The van der Waals surface area contributed by atoms with Crippen LogP contribution < -0.4 is 14.8 Å². The fraction of sp³-hybridized carbons (Fsp3) is 0.222. The number of oxazole rings is 1. The number of thiophene rings is 1. The van der Waals surface area contributed by atoms with Gasteiger partial charge in [-0.3, -0.25) is 4.79 Å². The zero-order valence-corrected chi connectivity index (χ0v) is 14.8. The molecule has 0 saturated carbocycles. The first-order valence-corrected chi connectivity index (χ1v) is 8.53. The predicted molar refractivity (Wildman–Crippen MR) is 94.9 cm³/mol. The zero-order valence-electron chi connectivity index (χ0n) is 13.9. The van der Waals surface area contributed by atoms with Crippen molar-refractivity contribution < 1.29 is 18.7 Å². The Bertz CT molecular complexity index is 843. The number of carbonyl (C=O) groups excluding carboxylic acids is 1. The first-order chi connectivity index (χ1) is 12.2. The monoisotopic (exact) mass is 358 g/mol. The van der Waals surface area contributed by atoms with Gasteiger partial charge in [0.1, 0.15) is 17.8 Å². The lowest BCUT2D eigenvalue weighted by molar-refractivity contribution is -0.120. The van der Waals surface area contributed by atoms with E-state index in [9.17, 15) is 4.79 Å². The van der Waals surface area contributed by atoms with Gasteiger partial charge in [0.2, 0.25) is 11.8 Å². The third kappa shape index (κ3) is 4.19. The molecule has 0 bridgehead atoms. The molecule has 0 saturated heterocycles. The van der Waals surface area contributed by atoms with Crippen molar-refractivity contribution in [2.75, 3.05) is 14.2 Å². The SMILES string of the molecule is COc1ccc(OC)c(CC(=O)NCc2coc(-c3cccs3)n2)c1. The van der Waals surface area contributed by atoms with E-state index in [1.54, 1.807) is 50.0 Å². The second-order valence-corrected chi connectivity index (χ2v) is 6.20. The van der Waals surface area contributed by atoms with Gasteiger partial charge in [-0.15, -0.1) is 11.3 Å². The van der Waals surface area contributed by atoms with Gasteiger partial charge >= 0.3 is 0 Å². The predicted octanol–water partition coefficient (Wildman–Crippen LogP) is 3.28. The average Bonchev–Trinajstić information content (AvgIpc) is 3.31. The van der Waals surface area contributed by atoms with Gasteiger partial charge in [-0.2, -0.15) is 0 Å². The van der Waals surface area contributed by atoms with Crippen molar-refractivity contribution in [2.24, 2.45) is 0 Å². The Balaban J connectivity index is 1.60. The highest BCUT2D eigenvalue weighted by Crippen LogP contribution is 2.25. The third-order valence-corrected chi connectivity index (χ3v) is 4.45. The number of carbonyl (C=O) groups is 1. The fourth-order valence-corrected chi connectivity index (χ4v) is 3.00. The Kier molecular flexibility index (Phi) is 5.35. The second-order valence-electron chi connectivity index (χ2n) is 5.25. The lowest BCUT2D eigenvalue weighted by Crippen LogP contribution is -2.24. The van der Waals surface area contributed by atoms with Crippen LogP contribution in [0.5, 0.6) is 11.5 Å². The maximum atomic E-state index is 12.2. The molecule has 0 unspecified atom stereocenters. The topological polar surface area (TPSA) is 73.6 Å². The van der Waals surface area contributed by atoms with Gasteiger partial charge in [0.15, 0.2) is 0 Å². The van der Waals surface area contributed by atoms with E-state index < -0.39 is 0 Å². The van der Waals surface area contributed by atoms with Crippen LogP contribution in [0, 0.1) is 0 Å². The van der Waals surface area contributed by atoms with Gasteiger partial charge in [0.25, 0.3) is 0 Å². The number of aromatic nitrogens is 1. The van der Waals surface area contributed by atoms with Crippen molar-refractivity contribution in [3.05, 3.63) is 53.2 Å². The molecule has 1 amide bonds. The molecule has 2 heterocycles. The molecule has 0 aliphatic carbocycles. The molecular formula is C18H18N2O4S. The molecule has 3 rings (SSSR count). The van der Waals surface area contributed by atoms with E-state index in [4.69, 9.17) is 13.9 Å². The molecule has 2 aromatic heterocycles. The molecule has 3 aromatic rings. The molecule has 1 aromatic carbocycles. The van der Waals surface area contributed by atoms with Crippen LogP contribution in [0.3, 0.4) is 0 Å². The standard InChI is InChI=1S/C18H18N2O4S/c1-22-14-5-6-15(23-2)12(8-14)9-17(21)19-10-13-11-24-18(20-13)16-4-3-7-25-16/h3-8,11H,9-10H2,1-2H3,(H,19,21). The number of nitrogens with one attached hydrogen (secondary N) is 1. The molecule has 0 fully saturated rings. The minimum absolute atomic E-state index is 0.132. The highest BCUT2D eigenvalue weighted by Gasteiger charge is 2.12. The van der Waals surface area contributed by atoms with E-state index in [1.807, 2.05) is 17.5 Å². The van der Waals surface area contributed by atoms with Crippen LogP contribution in [0.2, 0.25) is 0 Å². The van der Waals surface area contributed by atoms with E-state index in [0.717, 1.165) is 10.4 Å². The van der Waals surface area contributed by atoms with Crippen LogP contribution >= 0.6 is 11.3 Å². The normalized spacial score (nSPS) is 10.5. The lowest BCUT2D eigenvalue weighted by Gasteiger charge is -2.10. The second kappa shape index (κ2) is 7.85. The minimum atomic E-state index is -0.132. The van der Waals surface area contributed by atoms with Crippen molar-refractivity contribution in [2.45, 2.75) is 13.0 Å². The Morgan fingerprint density at radius 1 is 1.28 bits per heavy atom. The quantitative estimate of drug-likeness (QED) is 0.702. The number of benzene rings is 1. The molecule has 0 spiro atoms. The third-order valence-electron chi connectivity index (χ3n) is 3.59. The van der Waals surface area contributed by atoms with Crippen LogP contribution in [0.1, 0.15) is 11.3 Å². The van der Waals surface area contributed by atoms with Crippen LogP contribution in [0.25, 0.3) is 10.8 Å². The van der Waals surface area contributed by atoms with Crippen LogP contribution in [0.4, 0.5) is 0 Å². The van der Waals surface area contributed by atoms with Gasteiger partial charge in [-0.1, -0.05) is 6.07 Å². The summed E-state index contributed by atoms with van der Waals surface area (Å²) >= 11 is 1.55. The maximum absolute atomic E-state index is 12.2. The Hall–Kier alpha value is -2.80. The summed E-state index contributed by atoms with van der Waals surface area (Å²) in [5.41, 5.74) is 1.44. The Morgan fingerprint density at radius 2 is 2.16 bits per heavy atom. The average molecular weight is 358 g/mol. The van der Waals surface area contributed by atoms with Crippen molar-refractivity contribution >= 4 is 17.2 Å². The number of rotatable bonds is 7. The summed E-state index contributed by atoms with van der Waals surface area (Å²) in [5.74, 6) is 1.76. The summed E-state index contributed by atoms with van der Waals surface area (Å²) in [6.45, 7) is 0.306. The van der Waals surface area contributed by atoms with Crippen LogP contribution in [0.15, 0.2) is 46.4 Å². The fourth-order valence-electron chi connectivity index (χ4n) is 2.35. The van der Waals surface area contributed by atoms with Crippen molar-refractivity contribution in [3.8, 4) is 22.3 Å².